The molecule has 0 unspecified atom stereocenters. The molecule has 4 aromatic heterocycles. The minimum Gasteiger partial charge on any atom is -0.261 e. The highest BCUT2D eigenvalue weighted by atomic mass is 35.5. The van der Waals surface area contributed by atoms with E-state index in [0.717, 1.165) is 4.68 Å². The smallest absolute Gasteiger partial charge is 0.261 e. The summed E-state index contributed by atoms with van der Waals surface area (Å²) in [4.78, 5) is 8.43. The summed E-state index contributed by atoms with van der Waals surface area (Å²) < 4.78 is 41.2. The number of fused-ring (bicyclic) bond motifs is 3. The third-order valence-electron chi connectivity index (χ3n) is 3.52. The van der Waals surface area contributed by atoms with Gasteiger partial charge in [0, 0.05) is 0 Å². The summed E-state index contributed by atoms with van der Waals surface area (Å²) in [5.74, 6) is 0.279. The molecule has 0 aliphatic heterocycles. The maximum atomic E-state index is 12.9. The fourth-order valence-electron chi connectivity index (χ4n) is 2.35. The second kappa shape index (κ2) is 4.90. The third-order valence-corrected chi connectivity index (χ3v) is 3.98. The number of aromatic nitrogens is 8. The zero-order valence-electron chi connectivity index (χ0n) is 12.0. The molecule has 0 bridgehead atoms. The first-order valence-corrected chi connectivity index (χ1v) is 7.06. The third kappa shape index (κ3) is 2.19. The lowest BCUT2D eigenvalue weighted by molar-refractivity contribution is -0.141. The minimum atomic E-state index is -4.62. The predicted molar refractivity (Wildman–Crippen MR) is 76.5 cm³/mol. The van der Waals surface area contributed by atoms with Crippen molar-refractivity contribution in [2.75, 3.05) is 0 Å². The first-order valence-electron chi connectivity index (χ1n) is 6.68. The largest absolute Gasteiger partial charge is 0.436 e. The molecule has 4 heterocycles. The second-order valence-corrected chi connectivity index (χ2v) is 5.45. The lowest BCUT2D eigenvalue weighted by atomic mass is 10.3. The van der Waals surface area contributed by atoms with Crippen molar-refractivity contribution in [3.8, 4) is 0 Å². The van der Waals surface area contributed by atoms with Crippen molar-refractivity contribution in [1.82, 2.24) is 39.6 Å². The van der Waals surface area contributed by atoms with Gasteiger partial charge in [0.05, 0.1) is 22.3 Å². The van der Waals surface area contributed by atoms with E-state index in [0.29, 0.717) is 16.7 Å². The minimum absolute atomic E-state index is 0.0529. The molecule has 12 heteroatoms. The Morgan fingerprint density at radius 2 is 2.08 bits per heavy atom. The number of nitrogens with zero attached hydrogens (tertiary/aromatic N) is 7. The summed E-state index contributed by atoms with van der Waals surface area (Å²) in [6.07, 6.45) is -1.63. The van der Waals surface area contributed by atoms with Crippen LogP contribution >= 0.6 is 11.6 Å². The van der Waals surface area contributed by atoms with E-state index in [4.69, 9.17) is 11.6 Å². The number of H-pyrrole nitrogens is 1. The number of hydrogen-bond donors (Lipinski definition) is 1. The van der Waals surface area contributed by atoms with Gasteiger partial charge in [0.25, 0.3) is 0 Å². The number of alkyl halides is 3. The van der Waals surface area contributed by atoms with E-state index in [-0.39, 0.29) is 18.1 Å². The zero-order valence-corrected chi connectivity index (χ0v) is 12.8. The molecule has 0 saturated heterocycles. The van der Waals surface area contributed by atoms with Gasteiger partial charge in [-0.05, 0) is 6.92 Å². The Hall–Kier alpha value is -2.69. The molecule has 8 nitrogen and oxygen atoms in total. The molecular weight excluding hydrogens is 349 g/mol. The van der Waals surface area contributed by atoms with Gasteiger partial charge in [0.15, 0.2) is 22.8 Å². The normalized spacial score (nSPS) is 12.5. The van der Waals surface area contributed by atoms with E-state index < -0.39 is 16.9 Å². The average Bonchev–Trinajstić information content (AvgIpc) is 3.18. The molecule has 0 aliphatic carbocycles. The number of rotatable bonds is 2. The van der Waals surface area contributed by atoms with Gasteiger partial charge in [0.1, 0.15) is 12.9 Å². The Kier molecular flexibility index (Phi) is 3.04. The first-order chi connectivity index (χ1) is 11.3. The maximum absolute atomic E-state index is 12.9. The van der Waals surface area contributed by atoms with E-state index in [1.54, 1.807) is 6.20 Å². The van der Waals surface area contributed by atoms with Crippen LogP contribution in [0.1, 0.15) is 17.2 Å². The molecule has 0 spiro atoms. The second-order valence-electron chi connectivity index (χ2n) is 5.08. The van der Waals surface area contributed by atoms with Crippen molar-refractivity contribution in [3.05, 3.63) is 34.8 Å². The van der Waals surface area contributed by atoms with E-state index in [9.17, 15) is 13.2 Å². The number of halogens is 4. The van der Waals surface area contributed by atoms with E-state index in [1.807, 2.05) is 0 Å². The number of hydrogen-bond acceptors (Lipinski definition) is 5. The van der Waals surface area contributed by atoms with Gasteiger partial charge in [-0.3, -0.25) is 9.78 Å². The van der Waals surface area contributed by atoms with Crippen LogP contribution < -0.4 is 0 Å². The Labute approximate surface area is 136 Å². The summed E-state index contributed by atoms with van der Waals surface area (Å²) in [5.41, 5.74) is 0.105. The van der Waals surface area contributed by atoms with Crippen LogP contribution in [0.4, 0.5) is 13.2 Å². The highest BCUT2D eigenvalue weighted by Gasteiger charge is 2.38. The summed E-state index contributed by atoms with van der Waals surface area (Å²) in [7, 11) is 0. The fourth-order valence-corrected chi connectivity index (χ4v) is 2.59. The van der Waals surface area contributed by atoms with Gasteiger partial charge in [0.2, 0.25) is 0 Å². The van der Waals surface area contributed by atoms with Crippen molar-refractivity contribution in [3.63, 3.8) is 0 Å². The summed E-state index contributed by atoms with van der Waals surface area (Å²) in [6.45, 7) is 1.40. The molecule has 0 fully saturated rings. The van der Waals surface area contributed by atoms with Crippen LogP contribution in [0.15, 0.2) is 12.5 Å². The van der Waals surface area contributed by atoms with Gasteiger partial charge >= 0.3 is 6.18 Å². The topological polar surface area (TPSA) is 89.6 Å². The van der Waals surface area contributed by atoms with Crippen LogP contribution in [0.25, 0.3) is 16.7 Å². The van der Waals surface area contributed by atoms with E-state index >= 15 is 0 Å². The molecule has 24 heavy (non-hydrogen) atoms. The number of aromatic amines is 1. The zero-order chi connectivity index (χ0) is 17.1. The molecule has 4 rings (SSSR count). The Morgan fingerprint density at radius 1 is 1.29 bits per heavy atom. The van der Waals surface area contributed by atoms with Crippen molar-refractivity contribution >= 4 is 28.3 Å². The molecule has 124 valence electrons. The van der Waals surface area contributed by atoms with Crippen LogP contribution in [0, 0.1) is 6.92 Å². The maximum Gasteiger partial charge on any atom is 0.436 e. The highest BCUT2D eigenvalue weighted by Crippen LogP contribution is 2.35. The van der Waals surface area contributed by atoms with Gasteiger partial charge in [-0.1, -0.05) is 11.6 Å². The Balaban J connectivity index is 1.77. The molecule has 0 amide bonds. The van der Waals surface area contributed by atoms with Crippen molar-refractivity contribution in [2.45, 2.75) is 19.6 Å². The van der Waals surface area contributed by atoms with Crippen LogP contribution in [0.2, 0.25) is 5.02 Å². The van der Waals surface area contributed by atoms with Crippen molar-refractivity contribution < 1.29 is 13.2 Å². The van der Waals surface area contributed by atoms with Gasteiger partial charge < -0.3 is 0 Å². The monoisotopic (exact) mass is 356 g/mol. The van der Waals surface area contributed by atoms with Crippen LogP contribution in [0.5, 0.6) is 0 Å². The highest BCUT2D eigenvalue weighted by molar-refractivity contribution is 6.31. The van der Waals surface area contributed by atoms with Crippen molar-refractivity contribution in [1.29, 1.82) is 0 Å². The Morgan fingerprint density at radius 3 is 2.79 bits per heavy atom. The standard InChI is InChI=1S/C12H8ClF3N8/c1-5-8(13)9(12(14,15)16)22-23(5)3-7-19-11-6-2-18-20-10(6)17-4-24(11)21-7/h2,4H,3H2,1H3,(H,18,20). The molecule has 1 N–H and O–H groups in total. The predicted octanol–water partition coefficient (Wildman–Crippen LogP) is 2.23. The van der Waals surface area contributed by atoms with E-state index in [1.165, 1.54) is 17.8 Å². The van der Waals surface area contributed by atoms with Crippen LogP contribution in [-0.4, -0.2) is 39.6 Å². The summed E-state index contributed by atoms with van der Waals surface area (Å²) >= 11 is 5.74. The molecular formula is C12H8ClF3N8. The average molecular weight is 357 g/mol. The van der Waals surface area contributed by atoms with Gasteiger partial charge in [-0.2, -0.15) is 23.4 Å². The fraction of sp³-hybridized carbons (Fsp3) is 0.250. The molecule has 0 aliphatic rings. The SMILES string of the molecule is Cc1c(Cl)c(C(F)(F)F)nn1Cc1nc2c3cn[nH]c3ncn2n1. The van der Waals surface area contributed by atoms with Crippen LogP contribution in [0.3, 0.4) is 0 Å². The lowest BCUT2D eigenvalue weighted by Crippen LogP contribution is -2.10. The Bertz CT molecular complexity index is 1060. The molecule has 0 saturated carbocycles. The molecule has 0 atom stereocenters. The van der Waals surface area contributed by atoms with Crippen LogP contribution in [-0.2, 0) is 12.7 Å². The molecule has 4 aromatic rings. The molecule has 0 aromatic carbocycles. The first kappa shape index (κ1) is 14.9. The number of nitrogens with one attached hydrogen (secondary N) is 1. The van der Waals surface area contributed by atoms with Crippen molar-refractivity contribution in [2.24, 2.45) is 0 Å². The molecule has 0 radical (unpaired) electrons. The summed E-state index contributed by atoms with van der Waals surface area (Å²) in [5, 5.41) is 14.5. The lowest BCUT2D eigenvalue weighted by Gasteiger charge is -2.01. The summed E-state index contributed by atoms with van der Waals surface area (Å²) in [6, 6.07) is 0. The van der Waals surface area contributed by atoms with Gasteiger partial charge in [-0.15, -0.1) is 5.10 Å². The van der Waals surface area contributed by atoms with E-state index in [2.05, 4.69) is 30.4 Å². The quantitative estimate of drug-likeness (QED) is 0.595. The van der Waals surface area contributed by atoms with Gasteiger partial charge in [-0.25, -0.2) is 14.5 Å².